The number of fused-ring (bicyclic) bond motifs is 1. The number of aromatic nitrogens is 1. The number of ether oxygens (including phenoxy) is 6. The highest BCUT2D eigenvalue weighted by Gasteiger charge is 2.34. The zero-order valence-electron chi connectivity index (χ0n) is 36.6. The van der Waals surface area contributed by atoms with E-state index in [0.29, 0.717) is 93.3 Å². The van der Waals surface area contributed by atoms with E-state index in [2.05, 4.69) is 6.58 Å². The molecule has 2 saturated carbocycles. The van der Waals surface area contributed by atoms with Crippen LogP contribution in [0.3, 0.4) is 0 Å². The van der Waals surface area contributed by atoms with E-state index in [9.17, 15) is 24.0 Å². The standard InChI is InChI=1S/C49H57N3O11S/c1-4-28-52(49-51-41-12-8-9-13-43(41)64-49)50-32-37-31-40(26-27-42(37)63-48(57)36-16-14-33(15-17-36)45(54)58-3)62-47(56)35-20-18-34(19-21-35)46(55)61-39-24-22-38(23-25-39)59-29-10-6-7-11-30-60-44(53)5-2/h5,8-9,12-13,22-27,31-36H,2,4,6-7,10-11,14-21,28-30H2,1,3H3. The van der Waals surface area contributed by atoms with Gasteiger partial charge < -0.3 is 28.4 Å². The number of unbranched alkanes of at least 4 members (excludes halogenated alkanes) is 3. The summed E-state index contributed by atoms with van der Waals surface area (Å²) >= 11 is 1.52. The van der Waals surface area contributed by atoms with Crippen molar-refractivity contribution in [1.82, 2.24) is 4.98 Å². The summed E-state index contributed by atoms with van der Waals surface area (Å²) in [5.41, 5.74) is 1.31. The highest BCUT2D eigenvalue weighted by Crippen LogP contribution is 2.35. The SMILES string of the molecule is C=CC(=O)OCCCCCCOc1ccc(OC(=O)C2CCC(C(=O)Oc3ccc(OC(=O)C4CCC(C(=O)OC)CC4)c(C=NN(CCC)c4nc5ccccc5s4)c3)CC2)cc1. The molecule has 4 aromatic rings. The number of thiazole rings is 1. The smallest absolute Gasteiger partial charge is 0.330 e. The number of hydrogen-bond acceptors (Lipinski definition) is 15. The average Bonchev–Trinajstić information content (AvgIpc) is 3.76. The van der Waals surface area contributed by atoms with Crippen LogP contribution in [0, 0.1) is 23.7 Å². The molecular weight excluding hydrogens is 839 g/mol. The van der Waals surface area contributed by atoms with Crippen LogP contribution in [0.1, 0.15) is 96.0 Å². The quantitative estimate of drug-likeness (QED) is 0.0194. The van der Waals surface area contributed by atoms with Gasteiger partial charge >= 0.3 is 29.8 Å². The van der Waals surface area contributed by atoms with Crippen LogP contribution in [0.2, 0.25) is 0 Å². The van der Waals surface area contributed by atoms with Gasteiger partial charge in [0.1, 0.15) is 23.0 Å². The predicted octanol–water partition coefficient (Wildman–Crippen LogP) is 9.42. The fraction of sp³-hybridized carbons (Fsp3) is 0.449. The van der Waals surface area contributed by atoms with Crippen LogP contribution >= 0.6 is 11.3 Å². The van der Waals surface area contributed by atoms with E-state index in [-0.39, 0.29) is 41.2 Å². The van der Waals surface area contributed by atoms with Gasteiger partial charge in [0, 0.05) is 18.2 Å². The van der Waals surface area contributed by atoms with Crippen molar-refractivity contribution in [2.75, 3.05) is 31.9 Å². The number of carbonyl (C=O) groups is 5. The van der Waals surface area contributed by atoms with Crippen LogP contribution in [0.4, 0.5) is 5.13 Å². The number of anilines is 1. The molecule has 0 radical (unpaired) electrons. The summed E-state index contributed by atoms with van der Waals surface area (Å²) in [4.78, 5) is 68.0. The molecule has 15 heteroatoms. The van der Waals surface area contributed by atoms with Gasteiger partial charge in [-0.1, -0.05) is 37.0 Å². The number of carbonyl (C=O) groups excluding carboxylic acids is 5. The molecule has 1 heterocycles. The molecule has 0 spiro atoms. The number of hydrogen-bond donors (Lipinski definition) is 0. The lowest BCUT2D eigenvalue weighted by Gasteiger charge is -2.26. The molecule has 1 aromatic heterocycles. The highest BCUT2D eigenvalue weighted by molar-refractivity contribution is 7.22. The summed E-state index contributed by atoms with van der Waals surface area (Å²) in [7, 11) is 1.37. The van der Waals surface area contributed by atoms with E-state index in [1.54, 1.807) is 53.7 Å². The minimum absolute atomic E-state index is 0.227. The summed E-state index contributed by atoms with van der Waals surface area (Å²) in [5.74, 6) is -1.56. The number of benzene rings is 3. The molecule has 0 N–H and O–H groups in total. The fourth-order valence-corrected chi connectivity index (χ4v) is 8.72. The van der Waals surface area contributed by atoms with Crippen molar-refractivity contribution in [3.8, 4) is 23.0 Å². The maximum atomic E-state index is 13.5. The Labute approximate surface area is 377 Å². The Kier molecular flexibility index (Phi) is 17.8. The van der Waals surface area contributed by atoms with Crippen molar-refractivity contribution in [3.63, 3.8) is 0 Å². The van der Waals surface area contributed by atoms with Crippen LogP contribution in [0.5, 0.6) is 23.0 Å². The van der Waals surface area contributed by atoms with Crippen molar-refractivity contribution in [2.24, 2.45) is 28.8 Å². The Morgan fingerprint density at radius 3 is 1.89 bits per heavy atom. The van der Waals surface area contributed by atoms with Gasteiger partial charge in [0.15, 0.2) is 0 Å². The van der Waals surface area contributed by atoms with Gasteiger partial charge in [0.2, 0.25) is 5.13 Å². The molecule has 3 aromatic carbocycles. The van der Waals surface area contributed by atoms with Gasteiger partial charge in [-0.05, 0) is 138 Å². The average molecular weight is 896 g/mol. The van der Waals surface area contributed by atoms with Crippen LogP contribution in [-0.4, -0.2) is 67.9 Å². The molecule has 0 amide bonds. The molecule has 0 atom stereocenters. The van der Waals surface area contributed by atoms with E-state index >= 15 is 0 Å². The molecule has 0 saturated heterocycles. The largest absolute Gasteiger partial charge is 0.494 e. The van der Waals surface area contributed by atoms with Gasteiger partial charge in [-0.3, -0.25) is 19.2 Å². The maximum Gasteiger partial charge on any atom is 0.330 e. The first-order valence-corrected chi connectivity index (χ1v) is 23.0. The molecule has 2 fully saturated rings. The third-order valence-corrected chi connectivity index (χ3v) is 12.5. The third-order valence-electron chi connectivity index (χ3n) is 11.4. The van der Waals surface area contributed by atoms with E-state index in [1.165, 1.54) is 18.4 Å². The van der Waals surface area contributed by atoms with Crippen LogP contribution in [0.15, 0.2) is 84.5 Å². The molecule has 0 aliphatic heterocycles. The number of methoxy groups -OCH3 is 1. The number of rotatable bonds is 21. The fourth-order valence-electron chi connectivity index (χ4n) is 7.77. The van der Waals surface area contributed by atoms with E-state index in [0.717, 1.165) is 48.4 Å². The molecule has 0 unspecified atom stereocenters. The zero-order valence-corrected chi connectivity index (χ0v) is 37.4. The molecule has 6 rings (SSSR count). The molecule has 340 valence electrons. The summed E-state index contributed by atoms with van der Waals surface area (Å²) in [6, 6.07) is 19.6. The van der Waals surface area contributed by atoms with Crippen LogP contribution < -0.4 is 24.0 Å². The second-order valence-corrected chi connectivity index (χ2v) is 17.0. The third kappa shape index (κ3) is 13.7. The number of para-hydroxylation sites is 1. The van der Waals surface area contributed by atoms with Crippen LogP contribution in [-0.2, 0) is 33.4 Å². The van der Waals surface area contributed by atoms with Gasteiger partial charge in [0.05, 0.1) is 60.4 Å². The number of nitrogens with zero attached hydrogens (tertiary/aromatic N) is 3. The van der Waals surface area contributed by atoms with E-state index < -0.39 is 23.8 Å². The Morgan fingerprint density at radius 2 is 1.28 bits per heavy atom. The van der Waals surface area contributed by atoms with Gasteiger partial charge in [-0.15, -0.1) is 0 Å². The summed E-state index contributed by atoms with van der Waals surface area (Å²) in [6.45, 7) is 6.94. The Bertz CT molecular complexity index is 2210. The second-order valence-electron chi connectivity index (χ2n) is 16.0. The maximum absolute atomic E-state index is 13.5. The molecular formula is C49H57N3O11S. The minimum Gasteiger partial charge on any atom is -0.494 e. The predicted molar refractivity (Wildman–Crippen MR) is 243 cm³/mol. The first-order valence-electron chi connectivity index (χ1n) is 22.2. The van der Waals surface area contributed by atoms with Crippen molar-refractivity contribution in [2.45, 2.75) is 90.4 Å². The lowest BCUT2D eigenvalue weighted by Crippen LogP contribution is -2.30. The first-order chi connectivity index (χ1) is 31.1. The number of esters is 5. The monoisotopic (exact) mass is 895 g/mol. The molecule has 2 aliphatic rings. The van der Waals surface area contributed by atoms with Crippen molar-refractivity contribution < 1.29 is 52.4 Å². The summed E-state index contributed by atoms with van der Waals surface area (Å²) in [5, 5.41) is 7.30. The Morgan fingerprint density at radius 1 is 0.719 bits per heavy atom. The topological polar surface area (TPSA) is 169 Å². The second kappa shape index (κ2) is 24.1. The molecule has 14 nitrogen and oxygen atoms in total. The molecule has 64 heavy (non-hydrogen) atoms. The zero-order chi connectivity index (χ0) is 45.3. The lowest BCUT2D eigenvalue weighted by atomic mass is 9.82. The first kappa shape index (κ1) is 47.4. The highest BCUT2D eigenvalue weighted by atomic mass is 32.1. The Balaban J connectivity index is 1.02. The van der Waals surface area contributed by atoms with Gasteiger partial charge in [0.25, 0.3) is 0 Å². The molecule has 2 aliphatic carbocycles. The minimum atomic E-state index is -0.413. The summed E-state index contributed by atoms with van der Waals surface area (Å²) < 4.78 is 34.3. The van der Waals surface area contributed by atoms with Crippen LogP contribution in [0.25, 0.3) is 10.2 Å². The van der Waals surface area contributed by atoms with Crippen molar-refractivity contribution >= 4 is 62.7 Å². The normalized spacial score (nSPS) is 18.5. The lowest BCUT2D eigenvalue weighted by molar-refractivity contribution is -0.149. The van der Waals surface area contributed by atoms with E-state index in [4.69, 9.17) is 38.5 Å². The van der Waals surface area contributed by atoms with Crippen molar-refractivity contribution in [3.05, 3.63) is 84.9 Å². The van der Waals surface area contributed by atoms with Gasteiger partial charge in [-0.2, -0.15) is 5.10 Å². The molecule has 0 bridgehead atoms. The number of hydrazone groups is 1. The summed E-state index contributed by atoms with van der Waals surface area (Å²) in [6.07, 6.45) is 11.0. The van der Waals surface area contributed by atoms with Gasteiger partial charge in [-0.25, -0.2) is 14.8 Å². The van der Waals surface area contributed by atoms with Crippen molar-refractivity contribution in [1.29, 1.82) is 0 Å². The Hall–Kier alpha value is -6.09. The van der Waals surface area contributed by atoms with E-state index in [1.807, 2.05) is 31.2 Å².